The third kappa shape index (κ3) is 2.92. The van der Waals surface area contributed by atoms with Crippen molar-refractivity contribution in [2.24, 2.45) is 0 Å². The number of carbonyl (C=O) groups excluding carboxylic acids is 1. The van der Waals surface area contributed by atoms with Crippen LogP contribution in [-0.4, -0.2) is 44.3 Å². The molecule has 1 aliphatic heterocycles. The van der Waals surface area contributed by atoms with Crippen molar-refractivity contribution in [3.63, 3.8) is 0 Å². The van der Waals surface area contributed by atoms with E-state index in [2.05, 4.69) is 4.90 Å². The van der Waals surface area contributed by atoms with Crippen molar-refractivity contribution >= 4 is 11.7 Å². The van der Waals surface area contributed by atoms with E-state index in [1.54, 1.807) is 12.2 Å². The van der Waals surface area contributed by atoms with Gasteiger partial charge in [-0.25, -0.2) is 0 Å². The number of hydroxylamine groups is 2. The minimum Gasteiger partial charge on any atom is -0.495 e. The molecule has 1 aliphatic rings. The molecular weight excluding hydrogens is 232 g/mol. The number of hydrogen-bond acceptors (Lipinski definition) is 5. The van der Waals surface area contributed by atoms with E-state index >= 15 is 0 Å². The van der Waals surface area contributed by atoms with Crippen LogP contribution in [0.15, 0.2) is 24.3 Å². The smallest absolute Gasteiger partial charge is 0.322 e. The molecule has 0 bridgehead atoms. The van der Waals surface area contributed by atoms with Crippen LogP contribution in [0.3, 0.4) is 0 Å². The zero-order valence-corrected chi connectivity index (χ0v) is 10.8. The minimum absolute atomic E-state index is 0.263. The van der Waals surface area contributed by atoms with Crippen molar-refractivity contribution < 1.29 is 14.4 Å². The van der Waals surface area contributed by atoms with Crippen LogP contribution in [0.1, 0.15) is 6.92 Å². The van der Waals surface area contributed by atoms with E-state index in [1.165, 1.54) is 6.92 Å². The summed E-state index contributed by atoms with van der Waals surface area (Å²) in [6.45, 7) is 4.46. The Balaban J connectivity index is 1.99. The van der Waals surface area contributed by atoms with Crippen molar-refractivity contribution in [1.29, 1.82) is 0 Å². The summed E-state index contributed by atoms with van der Waals surface area (Å²) in [5, 5.41) is 1.70. The molecule has 1 saturated heterocycles. The van der Waals surface area contributed by atoms with E-state index < -0.39 is 0 Å². The Morgan fingerprint density at radius 1 is 1.17 bits per heavy atom. The normalized spacial score (nSPS) is 16.4. The first kappa shape index (κ1) is 12.7. The van der Waals surface area contributed by atoms with Gasteiger partial charge in [-0.2, -0.15) is 0 Å². The molecule has 0 radical (unpaired) electrons. The fourth-order valence-corrected chi connectivity index (χ4v) is 2.09. The van der Waals surface area contributed by atoms with Gasteiger partial charge in [-0.15, -0.1) is 5.06 Å². The van der Waals surface area contributed by atoms with Crippen LogP contribution >= 0.6 is 0 Å². The van der Waals surface area contributed by atoms with Gasteiger partial charge in [-0.3, -0.25) is 4.79 Å². The molecule has 1 heterocycles. The lowest BCUT2D eigenvalue weighted by molar-refractivity contribution is -0.188. The Hall–Kier alpha value is -1.75. The van der Waals surface area contributed by atoms with E-state index in [0.717, 1.165) is 24.5 Å². The van der Waals surface area contributed by atoms with Crippen LogP contribution in [0.25, 0.3) is 0 Å². The van der Waals surface area contributed by atoms with Gasteiger partial charge >= 0.3 is 5.97 Å². The molecule has 0 aliphatic carbocycles. The maximum atomic E-state index is 10.9. The van der Waals surface area contributed by atoms with Crippen molar-refractivity contribution in [2.75, 3.05) is 38.2 Å². The third-order valence-electron chi connectivity index (χ3n) is 2.92. The predicted octanol–water partition coefficient (Wildman–Crippen LogP) is 1.30. The zero-order chi connectivity index (χ0) is 13.0. The van der Waals surface area contributed by atoms with Crippen LogP contribution in [0.5, 0.6) is 5.75 Å². The molecule has 1 aromatic carbocycles. The number of carbonyl (C=O) groups is 1. The molecule has 0 aromatic heterocycles. The summed E-state index contributed by atoms with van der Waals surface area (Å²) in [6, 6.07) is 7.95. The van der Waals surface area contributed by atoms with Crippen LogP contribution in [0.4, 0.5) is 5.69 Å². The number of ether oxygens (including phenoxy) is 1. The third-order valence-corrected chi connectivity index (χ3v) is 2.92. The van der Waals surface area contributed by atoms with Gasteiger partial charge in [0, 0.05) is 20.0 Å². The van der Waals surface area contributed by atoms with E-state index in [1.807, 2.05) is 24.3 Å². The highest BCUT2D eigenvalue weighted by molar-refractivity contribution is 5.65. The van der Waals surface area contributed by atoms with Crippen molar-refractivity contribution in [3.05, 3.63) is 24.3 Å². The second kappa shape index (κ2) is 5.73. The Labute approximate surface area is 107 Å². The molecule has 5 heteroatoms. The SMILES string of the molecule is COc1ccccc1N1CCN(OC(C)=O)CC1. The molecule has 98 valence electrons. The second-order valence-corrected chi connectivity index (χ2v) is 4.17. The lowest BCUT2D eigenvalue weighted by Gasteiger charge is -2.35. The Bertz CT molecular complexity index is 414. The van der Waals surface area contributed by atoms with Crippen LogP contribution in [0.2, 0.25) is 0 Å². The Kier molecular flexibility index (Phi) is 4.04. The molecule has 5 nitrogen and oxygen atoms in total. The lowest BCUT2D eigenvalue weighted by atomic mass is 10.2. The summed E-state index contributed by atoms with van der Waals surface area (Å²) < 4.78 is 5.35. The first-order valence-electron chi connectivity index (χ1n) is 6.02. The van der Waals surface area contributed by atoms with Crippen LogP contribution in [-0.2, 0) is 9.63 Å². The molecular formula is C13H18N2O3. The quantitative estimate of drug-likeness (QED) is 0.808. The fraction of sp³-hybridized carbons (Fsp3) is 0.462. The van der Waals surface area contributed by atoms with E-state index in [4.69, 9.17) is 9.57 Å². The number of rotatable bonds is 3. The molecule has 0 spiro atoms. The van der Waals surface area contributed by atoms with Gasteiger partial charge < -0.3 is 14.5 Å². The second-order valence-electron chi connectivity index (χ2n) is 4.17. The van der Waals surface area contributed by atoms with Crippen molar-refractivity contribution in [1.82, 2.24) is 5.06 Å². The molecule has 0 saturated carbocycles. The van der Waals surface area contributed by atoms with E-state index in [9.17, 15) is 4.79 Å². The standard InChI is InChI=1S/C13H18N2O3/c1-11(16)18-15-9-7-14(8-10-15)12-5-3-4-6-13(12)17-2/h3-6H,7-10H2,1-2H3. The van der Waals surface area contributed by atoms with E-state index in [0.29, 0.717) is 13.1 Å². The average molecular weight is 250 g/mol. The molecule has 2 rings (SSSR count). The monoisotopic (exact) mass is 250 g/mol. The first-order valence-corrected chi connectivity index (χ1v) is 6.02. The number of methoxy groups -OCH3 is 1. The van der Waals surface area contributed by atoms with Gasteiger partial charge in [-0.05, 0) is 12.1 Å². The highest BCUT2D eigenvalue weighted by Gasteiger charge is 2.20. The molecule has 18 heavy (non-hydrogen) atoms. The summed E-state index contributed by atoms with van der Waals surface area (Å²) in [7, 11) is 1.67. The molecule has 1 fully saturated rings. The molecule has 0 amide bonds. The van der Waals surface area contributed by atoms with Gasteiger partial charge in [0.05, 0.1) is 25.9 Å². The van der Waals surface area contributed by atoms with Crippen molar-refractivity contribution in [3.8, 4) is 5.75 Å². The summed E-state index contributed by atoms with van der Waals surface area (Å²) in [5.41, 5.74) is 1.09. The Morgan fingerprint density at radius 3 is 2.44 bits per heavy atom. The molecule has 0 N–H and O–H groups in total. The first-order chi connectivity index (χ1) is 8.70. The maximum absolute atomic E-state index is 10.9. The summed E-state index contributed by atoms with van der Waals surface area (Å²) in [5.74, 6) is 0.610. The molecule has 1 aromatic rings. The van der Waals surface area contributed by atoms with Crippen LogP contribution < -0.4 is 9.64 Å². The largest absolute Gasteiger partial charge is 0.495 e. The number of benzene rings is 1. The summed E-state index contributed by atoms with van der Waals surface area (Å²) >= 11 is 0. The predicted molar refractivity (Wildman–Crippen MR) is 68.5 cm³/mol. The lowest BCUT2D eigenvalue weighted by Crippen LogP contribution is -2.46. The van der Waals surface area contributed by atoms with Gasteiger partial charge in [0.1, 0.15) is 5.75 Å². The number of para-hydroxylation sites is 2. The number of anilines is 1. The van der Waals surface area contributed by atoms with Gasteiger partial charge in [0.15, 0.2) is 0 Å². The maximum Gasteiger partial charge on any atom is 0.322 e. The Morgan fingerprint density at radius 2 is 1.83 bits per heavy atom. The average Bonchev–Trinajstić information content (AvgIpc) is 2.39. The fourth-order valence-electron chi connectivity index (χ4n) is 2.09. The molecule has 0 atom stereocenters. The highest BCUT2D eigenvalue weighted by atomic mass is 16.7. The number of hydrogen-bond donors (Lipinski definition) is 0. The topological polar surface area (TPSA) is 42.0 Å². The zero-order valence-electron chi connectivity index (χ0n) is 10.8. The van der Waals surface area contributed by atoms with Gasteiger partial charge in [0.25, 0.3) is 0 Å². The summed E-state index contributed by atoms with van der Waals surface area (Å²) in [4.78, 5) is 18.2. The number of piperazine rings is 1. The summed E-state index contributed by atoms with van der Waals surface area (Å²) in [6.07, 6.45) is 0. The molecule has 0 unspecified atom stereocenters. The minimum atomic E-state index is -0.263. The van der Waals surface area contributed by atoms with Crippen molar-refractivity contribution in [2.45, 2.75) is 6.92 Å². The van der Waals surface area contributed by atoms with Crippen LogP contribution in [0, 0.1) is 0 Å². The van der Waals surface area contributed by atoms with Gasteiger partial charge in [-0.1, -0.05) is 12.1 Å². The van der Waals surface area contributed by atoms with Gasteiger partial charge in [0.2, 0.25) is 0 Å². The highest BCUT2D eigenvalue weighted by Crippen LogP contribution is 2.28. The van der Waals surface area contributed by atoms with E-state index in [-0.39, 0.29) is 5.97 Å². The number of nitrogens with zero attached hydrogens (tertiary/aromatic N) is 2.